The zero-order valence-corrected chi connectivity index (χ0v) is 7.80. The van der Waals surface area contributed by atoms with Gasteiger partial charge in [-0.15, -0.1) is 0 Å². The number of hydrogen-bond donors (Lipinski definition) is 2. The average Bonchev–Trinajstić information content (AvgIpc) is 2.61. The molecule has 2 saturated heterocycles. The number of carbonyl (C=O) groups is 1. The van der Waals surface area contributed by atoms with Gasteiger partial charge < -0.3 is 9.84 Å². The van der Waals surface area contributed by atoms with Gasteiger partial charge in [0.25, 0.3) is 0 Å². The maximum atomic E-state index is 11.0. The molecule has 2 heterocycles. The van der Waals surface area contributed by atoms with E-state index in [1.165, 1.54) is 0 Å². The van der Waals surface area contributed by atoms with Crippen molar-refractivity contribution in [1.82, 2.24) is 5.32 Å². The molecule has 2 fully saturated rings. The molecular formula is C9H15NO3. The quantitative estimate of drug-likeness (QED) is 0.667. The Morgan fingerprint density at radius 2 is 2.08 bits per heavy atom. The molecule has 0 aromatic heterocycles. The second-order valence-electron chi connectivity index (χ2n) is 4.23. The number of carboxylic acid groups (broad SMARTS) is 1. The molecule has 4 heteroatoms. The van der Waals surface area contributed by atoms with Gasteiger partial charge in [-0.1, -0.05) is 0 Å². The van der Waals surface area contributed by atoms with Crippen LogP contribution in [-0.2, 0) is 9.53 Å². The van der Waals surface area contributed by atoms with Crippen LogP contribution in [0.3, 0.4) is 0 Å². The van der Waals surface area contributed by atoms with E-state index in [0.717, 1.165) is 25.7 Å². The molecule has 0 radical (unpaired) electrons. The molecule has 0 unspecified atom stereocenters. The Morgan fingerprint density at radius 3 is 2.46 bits per heavy atom. The number of aliphatic carboxylic acids is 1. The minimum atomic E-state index is -0.706. The Labute approximate surface area is 77.3 Å². The van der Waals surface area contributed by atoms with Crippen molar-refractivity contribution in [2.75, 3.05) is 13.7 Å². The van der Waals surface area contributed by atoms with Crippen molar-refractivity contribution in [2.45, 2.75) is 36.8 Å². The number of hydrogen-bond acceptors (Lipinski definition) is 3. The van der Waals surface area contributed by atoms with Gasteiger partial charge in [0.2, 0.25) is 0 Å². The van der Waals surface area contributed by atoms with Gasteiger partial charge in [-0.3, -0.25) is 10.1 Å². The average molecular weight is 185 g/mol. The molecule has 0 aromatic rings. The van der Waals surface area contributed by atoms with E-state index in [2.05, 4.69) is 5.32 Å². The van der Waals surface area contributed by atoms with Crippen LogP contribution in [-0.4, -0.2) is 35.9 Å². The maximum Gasteiger partial charge on any atom is 0.323 e. The van der Waals surface area contributed by atoms with Gasteiger partial charge in [0.15, 0.2) is 0 Å². The van der Waals surface area contributed by atoms with E-state index >= 15 is 0 Å². The predicted octanol–water partition coefficient (Wildman–Crippen LogP) is 0.372. The minimum Gasteiger partial charge on any atom is -0.480 e. The predicted molar refractivity (Wildman–Crippen MR) is 46.6 cm³/mol. The van der Waals surface area contributed by atoms with E-state index in [4.69, 9.17) is 9.84 Å². The van der Waals surface area contributed by atoms with Crippen LogP contribution >= 0.6 is 0 Å². The van der Waals surface area contributed by atoms with Crippen LogP contribution in [0.4, 0.5) is 0 Å². The Hall–Kier alpha value is -0.610. The zero-order chi connectivity index (χ0) is 9.53. The standard InChI is InChI=1S/C9H15NO3/c1-13-6-8-2-4-9(10-8,5-3-8)7(11)12/h10H,2-6H2,1H3,(H,11,12). The van der Waals surface area contributed by atoms with Crippen molar-refractivity contribution in [1.29, 1.82) is 0 Å². The Morgan fingerprint density at radius 1 is 1.46 bits per heavy atom. The van der Waals surface area contributed by atoms with E-state index < -0.39 is 11.5 Å². The fourth-order valence-corrected chi connectivity index (χ4v) is 2.64. The summed E-state index contributed by atoms with van der Waals surface area (Å²) < 4.78 is 5.12. The number of rotatable bonds is 3. The molecule has 0 spiro atoms. The summed E-state index contributed by atoms with van der Waals surface area (Å²) >= 11 is 0. The molecular weight excluding hydrogens is 170 g/mol. The highest BCUT2D eigenvalue weighted by Gasteiger charge is 2.57. The lowest BCUT2D eigenvalue weighted by atomic mass is 9.82. The number of nitrogens with one attached hydrogen (secondary N) is 1. The van der Waals surface area contributed by atoms with Crippen LogP contribution in [0, 0.1) is 0 Å². The molecule has 2 bridgehead atoms. The summed E-state index contributed by atoms with van der Waals surface area (Å²) in [6.45, 7) is 0.627. The van der Waals surface area contributed by atoms with Gasteiger partial charge >= 0.3 is 5.97 Å². The van der Waals surface area contributed by atoms with E-state index in [0.29, 0.717) is 6.61 Å². The normalized spacial score (nSPS) is 42.5. The highest BCUT2D eigenvalue weighted by molar-refractivity contribution is 5.80. The maximum absolute atomic E-state index is 11.0. The molecule has 2 aliphatic heterocycles. The summed E-state index contributed by atoms with van der Waals surface area (Å²) in [5, 5.41) is 12.3. The SMILES string of the molecule is COCC12CCC(C(=O)O)(CC1)N2. The summed E-state index contributed by atoms with van der Waals surface area (Å²) in [6.07, 6.45) is 3.33. The third kappa shape index (κ3) is 1.16. The molecule has 0 aromatic carbocycles. The number of carboxylic acids is 1. The Balaban J connectivity index is 2.14. The molecule has 0 amide bonds. The molecule has 74 valence electrons. The number of fused-ring (bicyclic) bond motifs is 2. The number of ether oxygens (including phenoxy) is 1. The Bertz CT molecular complexity index is 231. The van der Waals surface area contributed by atoms with Crippen LogP contribution in [0.5, 0.6) is 0 Å². The van der Waals surface area contributed by atoms with Gasteiger partial charge in [0.1, 0.15) is 5.54 Å². The van der Waals surface area contributed by atoms with Crippen molar-refractivity contribution < 1.29 is 14.6 Å². The van der Waals surface area contributed by atoms with Crippen LogP contribution in [0.25, 0.3) is 0 Å². The molecule has 2 aliphatic rings. The molecule has 4 nitrogen and oxygen atoms in total. The summed E-state index contributed by atoms with van der Waals surface area (Å²) in [7, 11) is 1.66. The number of methoxy groups -OCH3 is 1. The van der Waals surface area contributed by atoms with Crippen molar-refractivity contribution >= 4 is 5.97 Å². The molecule has 0 atom stereocenters. The molecule has 2 N–H and O–H groups in total. The first kappa shape index (κ1) is 8.97. The van der Waals surface area contributed by atoms with E-state index in [1.807, 2.05) is 0 Å². The highest BCUT2D eigenvalue weighted by atomic mass is 16.5. The summed E-state index contributed by atoms with van der Waals surface area (Å²) in [5.74, 6) is -0.706. The topological polar surface area (TPSA) is 58.6 Å². The zero-order valence-electron chi connectivity index (χ0n) is 7.80. The molecule has 0 saturated carbocycles. The van der Waals surface area contributed by atoms with Crippen LogP contribution in [0.1, 0.15) is 25.7 Å². The Kier molecular flexibility index (Phi) is 1.85. The first-order chi connectivity index (χ1) is 6.13. The van der Waals surface area contributed by atoms with Crippen molar-refractivity contribution in [3.8, 4) is 0 Å². The third-order valence-corrected chi connectivity index (χ3v) is 3.40. The molecule has 2 rings (SSSR count). The lowest BCUT2D eigenvalue weighted by Crippen LogP contribution is -2.49. The van der Waals surface area contributed by atoms with Gasteiger partial charge in [-0.05, 0) is 25.7 Å². The minimum absolute atomic E-state index is 0.0485. The molecule has 13 heavy (non-hydrogen) atoms. The first-order valence-electron chi connectivity index (χ1n) is 4.64. The summed E-state index contributed by atoms with van der Waals surface area (Å²) in [5.41, 5.74) is -0.689. The highest BCUT2D eigenvalue weighted by Crippen LogP contribution is 2.44. The summed E-state index contributed by atoms with van der Waals surface area (Å²) in [4.78, 5) is 11.0. The van der Waals surface area contributed by atoms with E-state index in [9.17, 15) is 4.79 Å². The third-order valence-electron chi connectivity index (χ3n) is 3.40. The molecule has 0 aliphatic carbocycles. The van der Waals surface area contributed by atoms with Crippen molar-refractivity contribution in [3.63, 3.8) is 0 Å². The summed E-state index contributed by atoms with van der Waals surface area (Å²) in [6, 6.07) is 0. The van der Waals surface area contributed by atoms with Crippen molar-refractivity contribution in [3.05, 3.63) is 0 Å². The van der Waals surface area contributed by atoms with Gasteiger partial charge in [-0.25, -0.2) is 0 Å². The second-order valence-corrected chi connectivity index (χ2v) is 4.23. The van der Waals surface area contributed by atoms with E-state index in [-0.39, 0.29) is 5.54 Å². The first-order valence-corrected chi connectivity index (χ1v) is 4.64. The second kappa shape index (κ2) is 2.69. The lowest BCUT2D eigenvalue weighted by molar-refractivity contribution is -0.144. The smallest absolute Gasteiger partial charge is 0.323 e. The fraction of sp³-hybridized carbons (Fsp3) is 0.889. The van der Waals surface area contributed by atoms with Crippen LogP contribution in [0.15, 0.2) is 0 Å². The monoisotopic (exact) mass is 185 g/mol. The van der Waals surface area contributed by atoms with Crippen molar-refractivity contribution in [2.24, 2.45) is 0 Å². The largest absolute Gasteiger partial charge is 0.480 e. The van der Waals surface area contributed by atoms with Crippen LogP contribution in [0.2, 0.25) is 0 Å². The van der Waals surface area contributed by atoms with Crippen LogP contribution < -0.4 is 5.32 Å². The lowest BCUT2D eigenvalue weighted by Gasteiger charge is -2.24. The fourth-order valence-electron chi connectivity index (χ4n) is 2.64. The van der Waals surface area contributed by atoms with Gasteiger partial charge in [0, 0.05) is 12.6 Å². The van der Waals surface area contributed by atoms with E-state index in [1.54, 1.807) is 7.11 Å². The van der Waals surface area contributed by atoms with Gasteiger partial charge in [-0.2, -0.15) is 0 Å². The van der Waals surface area contributed by atoms with Gasteiger partial charge in [0.05, 0.1) is 6.61 Å².